The summed E-state index contributed by atoms with van der Waals surface area (Å²) in [5.41, 5.74) is 3.56. The lowest BCUT2D eigenvalue weighted by atomic mass is 10.1. The molecule has 1 aliphatic heterocycles. The summed E-state index contributed by atoms with van der Waals surface area (Å²) in [5, 5.41) is 5.06. The van der Waals surface area contributed by atoms with Crippen LogP contribution >= 0.6 is 0 Å². The van der Waals surface area contributed by atoms with E-state index < -0.39 is 0 Å². The Labute approximate surface area is 202 Å². The molecule has 5 rings (SSSR count). The van der Waals surface area contributed by atoms with Crippen LogP contribution in [0.3, 0.4) is 0 Å². The van der Waals surface area contributed by atoms with Crippen molar-refractivity contribution in [1.82, 2.24) is 20.0 Å². The molecule has 0 atom stereocenters. The first kappa shape index (κ1) is 22.8. The molecule has 1 aliphatic rings. The van der Waals surface area contributed by atoms with Gasteiger partial charge in [-0.1, -0.05) is 16.8 Å². The van der Waals surface area contributed by atoms with Crippen molar-refractivity contribution in [3.8, 4) is 17.3 Å². The average Bonchev–Trinajstić information content (AvgIpc) is 3.36. The van der Waals surface area contributed by atoms with Crippen LogP contribution < -0.4 is 9.64 Å². The fourth-order valence-corrected chi connectivity index (χ4v) is 4.30. The summed E-state index contributed by atoms with van der Waals surface area (Å²) in [6, 6.07) is 14.4. The molecule has 4 aromatic rings. The molecule has 1 saturated heterocycles. The van der Waals surface area contributed by atoms with Crippen LogP contribution in [0.1, 0.15) is 17.9 Å². The Hall–Kier alpha value is -4.01. The van der Waals surface area contributed by atoms with E-state index in [9.17, 15) is 9.18 Å². The Balaban J connectivity index is 1.21. The van der Waals surface area contributed by atoms with Crippen LogP contribution in [0.25, 0.3) is 22.3 Å². The van der Waals surface area contributed by atoms with Crippen LogP contribution in [0.2, 0.25) is 0 Å². The second-order valence-electron chi connectivity index (χ2n) is 8.60. The molecular weight excluding hydrogens is 449 g/mol. The van der Waals surface area contributed by atoms with Gasteiger partial charge in [0.25, 0.3) is 0 Å². The quantitative estimate of drug-likeness (QED) is 0.416. The molecule has 180 valence electrons. The Bertz CT molecular complexity index is 1350. The first-order chi connectivity index (χ1) is 17.0. The molecule has 1 amide bonds. The van der Waals surface area contributed by atoms with Crippen LogP contribution in [0.5, 0.6) is 5.88 Å². The summed E-state index contributed by atoms with van der Waals surface area (Å²) in [6.07, 6.45) is 0.636. The first-order valence-electron chi connectivity index (χ1n) is 11.6. The van der Waals surface area contributed by atoms with Gasteiger partial charge < -0.3 is 19.1 Å². The Kier molecular flexibility index (Phi) is 6.31. The van der Waals surface area contributed by atoms with Crippen molar-refractivity contribution >= 4 is 22.5 Å². The summed E-state index contributed by atoms with van der Waals surface area (Å²) in [7, 11) is 1.56. The molecule has 0 radical (unpaired) electrons. The predicted molar refractivity (Wildman–Crippen MR) is 130 cm³/mol. The van der Waals surface area contributed by atoms with Crippen molar-refractivity contribution in [2.45, 2.75) is 19.8 Å². The molecule has 0 N–H and O–H groups in total. The number of carbonyl (C=O) groups is 1. The smallest absolute Gasteiger partial charge is 0.227 e. The van der Waals surface area contributed by atoms with E-state index >= 15 is 0 Å². The van der Waals surface area contributed by atoms with Crippen molar-refractivity contribution in [1.29, 1.82) is 0 Å². The van der Waals surface area contributed by atoms with Crippen molar-refractivity contribution in [2.75, 3.05) is 38.2 Å². The third-order valence-corrected chi connectivity index (χ3v) is 6.21. The zero-order valence-electron chi connectivity index (χ0n) is 19.7. The summed E-state index contributed by atoms with van der Waals surface area (Å²) in [5.74, 6) is 0.989. The highest BCUT2D eigenvalue weighted by molar-refractivity contribution is 5.85. The molecule has 9 heteroatoms. The van der Waals surface area contributed by atoms with Crippen molar-refractivity contribution < 1.29 is 18.4 Å². The molecule has 0 saturated carbocycles. The van der Waals surface area contributed by atoms with E-state index in [1.54, 1.807) is 19.2 Å². The van der Waals surface area contributed by atoms with E-state index in [0.717, 1.165) is 22.2 Å². The van der Waals surface area contributed by atoms with Gasteiger partial charge in [0.1, 0.15) is 5.82 Å². The lowest BCUT2D eigenvalue weighted by Gasteiger charge is -2.36. The number of aryl methyl sites for hydroxylation is 2. The van der Waals surface area contributed by atoms with Crippen molar-refractivity contribution in [3.63, 3.8) is 0 Å². The molecule has 2 aromatic heterocycles. The second-order valence-corrected chi connectivity index (χ2v) is 8.60. The minimum Gasteiger partial charge on any atom is -0.480 e. The lowest BCUT2D eigenvalue weighted by Crippen LogP contribution is -2.48. The zero-order chi connectivity index (χ0) is 24.4. The van der Waals surface area contributed by atoms with E-state index in [1.807, 2.05) is 36.1 Å². The SMILES string of the molecule is COc1nc2ccc(C)cc2cc1-c1noc(CCC(=O)N2CCN(c3ccc(F)cc3)CC2)n1. The number of halogens is 1. The average molecular weight is 476 g/mol. The largest absolute Gasteiger partial charge is 0.480 e. The first-order valence-corrected chi connectivity index (χ1v) is 11.6. The maximum Gasteiger partial charge on any atom is 0.227 e. The van der Waals surface area contributed by atoms with E-state index in [0.29, 0.717) is 55.8 Å². The number of carbonyl (C=O) groups excluding carboxylic acids is 1. The number of fused-ring (bicyclic) bond motifs is 1. The van der Waals surface area contributed by atoms with Gasteiger partial charge in [0.15, 0.2) is 0 Å². The van der Waals surface area contributed by atoms with Crippen LogP contribution in [-0.2, 0) is 11.2 Å². The standard InChI is InChI=1S/C26H26FN5O3/c1-17-3-8-22-18(15-17)16-21(26(28-22)34-2)25-29-23(35-30-25)9-10-24(33)32-13-11-31(12-14-32)20-6-4-19(27)5-7-20/h3-8,15-16H,9-14H2,1-2H3. The third kappa shape index (κ3) is 4.94. The highest BCUT2D eigenvalue weighted by Crippen LogP contribution is 2.30. The normalized spacial score (nSPS) is 13.9. The number of ether oxygens (including phenoxy) is 1. The third-order valence-electron chi connectivity index (χ3n) is 6.21. The predicted octanol–water partition coefficient (Wildman–Crippen LogP) is 4.02. The molecule has 1 fully saturated rings. The minimum atomic E-state index is -0.253. The fourth-order valence-electron chi connectivity index (χ4n) is 4.30. The molecule has 2 aromatic carbocycles. The Morgan fingerprint density at radius 2 is 1.83 bits per heavy atom. The van der Waals surface area contributed by atoms with Gasteiger partial charge in [-0.3, -0.25) is 4.79 Å². The topological polar surface area (TPSA) is 84.6 Å². The molecule has 0 aliphatic carbocycles. The van der Waals surface area contributed by atoms with Gasteiger partial charge in [-0.25, -0.2) is 9.37 Å². The number of piperazine rings is 1. The number of benzene rings is 2. The van der Waals surface area contributed by atoms with Crippen LogP contribution in [0.4, 0.5) is 10.1 Å². The summed E-state index contributed by atoms with van der Waals surface area (Å²) < 4.78 is 24.0. The van der Waals surface area contributed by atoms with Gasteiger partial charge in [0.2, 0.25) is 23.5 Å². The number of hydrogen-bond acceptors (Lipinski definition) is 7. The van der Waals surface area contributed by atoms with E-state index in [2.05, 4.69) is 20.0 Å². The van der Waals surface area contributed by atoms with Gasteiger partial charge in [-0.15, -0.1) is 0 Å². The maximum atomic E-state index is 13.2. The van der Waals surface area contributed by atoms with Gasteiger partial charge >= 0.3 is 0 Å². The minimum absolute atomic E-state index is 0.0453. The number of amides is 1. The number of pyridine rings is 1. The van der Waals surface area contributed by atoms with Crippen LogP contribution in [-0.4, -0.2) is 59.2 Å². The van der Waals surface area contributed by atoms with E-state index in [-0.39, 0.29) is 18.1 Å². The number of rotatable bonds is 6. The Morgan fingerprint density at radius 3 is 2.57 bits per heavy atom. The number of methoxy groups -OCH3 is 1. The van der Waals surface area contributed by atoms with E-state index in [4.69, 9.17) is 9.26 Å². The molecule has 0 unspecified atom stereocenters. The second kappa shape index (κ2) is 9.69. The fraction of sp³-hybridized carbons (Fsp3) is 0.308. The number of aromatic nitrogens is 3. The zero-order valence-corrected chi connectivity index (χ0v) is 19.7. The maximum absolute atomic E-state index is 13.2. The van der Waals surface area contributed by atoms with Crippen molar-refractivity contribution in [3.05, 3.63) is 65.8 Å². The van der Waals surface area contributed by atoms with E-state index in [1.165, 1.54) is 12.1 Å². The lowest BCUT2D eigenvalue weighted by molar-refractivity contribution is -0.131. The molecule has 35 heavy (non-hydrogen) atoms. The number of anilines is 1. The molecule has 3 heterocycles. The van der Waals surface area contributed by atoms with Gasteiger partial charge in [-0.05, 0) is 49.4 Å². The Morgan fingerprint density at radius 1 is 1.06 bits per heavy atom. The summed E-state index contributed by atoms with van der Waals surface area (Å²) >= 11 is 0. The monoisotopic (exact) mass is 475 g/mol. The summed E-state index contributed by atoms with van der Waals surface area (Å²) in [6.45, 7) is 4.66. The molecule has 8 nitrogen and oxygen atoms in total. The van der Waals surface area contributed by atoms with Gasteiger partial charge in [0, 0.05) is 50.1 Å². The summed E-state index contributed by atoms with van der Waals surface area (Å²) in [4.78, 5) is 25.8. The highest BCUT2D eigenvalue weighted by atomic mass is 19.1. The van der Waals surface area contributed by atoms with Crippen LogP contribution in [0.15, 0.2) is 53.1 Å². The number of nitrogens with zero attached hydrogens (tertiary/aromatic N) is 5. The van der Waals surface area contributed by atoms with Crippen molar-refractivity contribution in [2.24, 2.45) is 0 Å². The highest BCUT2D eigenvalue weighted by Gasteiger charge is 2.22. The molecule has 0 bridgehead atoms. The van der Waals surface area contributed by atoms with Gasteiger partial charge in [-0.2, -0.15) is 4.98 Å². The molecular formula is C26H26FN5O3. The number of hydrogen-bond donors (Lipinski definition) is 0. The van der Waals surface area contributed by atoms with Gasteiger partial charge in [0.05, 0.1) is 18.2 Å². The molecule has 0 spiro atoms. The van der Waals surface area contributed by atoms with Crippen LogP contribution in [0, 0.1) is 12.7 Å².